The molecule has 1 N–H and O–H groups in total. The molecule has 94 valence electrons. The van der Waals surface area contributed by atoms with Crippen LogP contribution in [0, 0.1) is 6.92 Å². The van der Waals surface area contributed by atoms with Crippen LogP contribution < -0.4 is 4.90 Å². The van der Waals surface area contributed by atoms with E-state index in [1.54, 1.807) is 6.07 Å². The molecule has 0 radical (unpaired) electrons. The van der Waals surface area contributed by atoms with Crippen molar-refractivity contribution in [1.29, 1.82) is 0 Å². The molecule has 1 fully saturated rings. The second-order valence-electron chi connectivity index (χ2n) is 4.93. The molecule has 1 aromatic heterocycles. The second-order valence-corrected chi connectivity index (χ2v) is 5.32. The Morgan fingerprint density at radius 1 is 1.35 bits per heavy atom. The quantitative estimate of drug-likeness (QED) is 0.782. The van der Waals surface area contributed by atoms with Crippen molar-refractivity contribution in [3.8, 4) is 0 Å². The molecule has 2 rings (SSSR count). The number of rotatable bonds is 1. The fraction of sp³-hybridized carbons (Fsp3) is 0.667. The van der Waals surface area contributed by atoms with Crippen LogP contribution in [0.1, 0.15) is 32.0 Å². The van der Waals surface area contributed by atoms with E-state index < -0.39 is 5.60 Å². The van der Waals surface area contributed by atoms with E-state index >= 15 is 0 Å². The Kier molecular flexibility index (Phi) is 3.54. The smallest absolute Gasteiger partial charge is 0.134 e. The van der Waals surface area contributed by atoms with Gasteiger partial charge in [0, 0.05) is 19.2 Å². The maximum Gasteiger partial charge on any atom is 0.134 e. The predicted molar refractivity (Wildman–Crippen MR) is 68.5 cm³/mol. The van der Waals surface area contributed by atoms with Gasteiger partial charge in [0.05, 0.1) is 5.60 Å². The molecule has 1 atom stereocenters. The van der Waals surface area contributed by atoms with Crippen LogP contribution in [-0.2, 0) is 0 Å². The Morgan fingerprint density at radius 2 is 2.12 bits per heavy atom. The summed E-state index contributed by atoms with van der Waals surface area (Å²) in [6, 6.07) is 1.79. The maximum atomic E-state index is 10.0. The number of aryl methyl sites for hydroxylation is 1. The van der Waals surface area contributed by atoms with Crippen molar-refractivity contribution in [2.75, 3.05) is 18.0 Å². The molecule has 5 heteroatoms. The highest BCUT2D eigenvalue weighted by molar-refractivity contribution is 6.29. The number of halogens is 1. The van der Waals surface area contributed by atoms with Crippen LogP contribution in [-0.4, -0.2) is 33.8 Å². The van der Waals surface area contributed by atoms with Gasteiger partial charge in [-0.3, -0.25) is 0 Å². The van der Waals surface area contributed by atoms with Gasteiger partial charge < -0.3 is 10.0 Å². The van der Waals surface area contributed by atoms with Gasteiger partial charge in [0.15, 0.2) is 0 Å². The van der Waals surface area contributed by atoms with Crippen LogP contribution in [0.25, 0.3) is 0 Å². The fourth-order valence-electron chi connectivity index (χ4n) is 2.17. The lowest BCUT2D eigenvalue weighted by Crippen LogP contribution is -2.29. The zero-order chi connectivity index (χ0) is 12.5. The minimum atomic E-state index is -0.555. The number of hydrogen-bond donors (Lipinski definition) is 1. The molecular formula is C12H18ClN3O. The maximum absolute atomic E-state index is 10.0. The second kappa shape index (κ2) is 4.78. The predicted octanol–water partition coefficient (Wildman–Crippen LogP) is 2.18. The van der Waals surface area contributed by atoms with Crippen molar-refractivity contribution in [1.82, 2.24) is 9.97 Å². The van der Waals surface area contributed by atoms with E-state index in [0.29, 0.717) is 11.0 Å². The first kappa shape index (κ1) is 12.6. The van der Waals surface area contributed by atoms with Crippen molar-refractivity contribution in [2.45, 2.75) is 38.7 Å². The summed E-state index contributed by atoms with van der Waals surface area (Å²) in [5, 5.41) is 10.5. The molecular weight excluding hydrogens is 238 g/mol. The zero-order valence-electron chi connectivity index (χ0n) is 10.3. The Labute approximate surface area is 107 Å². The lowest BCUT2D eigenvalue weighted by Gasteiger charge is -2.23. The third-order valence-corrected chi connectivity index (χ3v) is 3.37. The first-order chi connectivity index (χ1) is 7.96. The van der Waals surface area contributed by atoms with Crippen molar-refractivity contribution in [2.24, 2.45) is 0 Å². The fourth-order valence-corrected chi connectivity index (χ4v) is 2.39. The van der Waals surface area contributed by atoms with Crippen molar-refractivity contribution < 1.29 is 5.11 Å². The summed E-state index contributed by atoms with van der Waals surface area (Å²) in [5.41, 5.74) is -0.555. The number of anilines is 1. The molecule has 2 heterocycles. The number of aliphatic hydroxyl groups is 1. The van der Waals surface area contributed by atoms with E-state index in [1.165, 1.54) is 0 Å². The van der Waals surface area contributed by atoms with Crippen molar-refractivity contribution in [3.63, 3.8) is 0 Å². The molecule has 1 aliphatic rings. The summed E-state index contributed by atoms with van der Waals surface area (Å²) < 4.78 is 0. The largest absolute Gasteiger partial charge is 0.390 e. The number of hydrogen-bond acceptors (Lipinski definition) is 4. The van der Waals surface area contributed by atoms with Crippen LogP contribution in [0.3, 0.4) is 0 Å². The standard InChI is InChI=1S/C12H18ClN3O/c1-9-14-10(13)8-11(15-9)16-6-3-4-12(2,17)5-7-16/h8,17H,3-7H2,1-2H3. The summed E-state index contributed by atoms with van der Waals surface area (Å²) in [4.78, 5) is 10.6. The van der Waals surface area contributed by atoms with E-state index in [4.69, 9.17) is 11.6 Å². The molecule has 1 aliphatic heterocycles. The minimum Gasteiger partial charge on any atom is -0.390 e. The van der Waals surface area contributed by atoms with Gasteiger partial charge in [-0.25, -0.2) is 9.97 Å². The molecule has 0 saturated carbocycles. The summed E-state index contributed by atoms with van der Waals surface area (Å²) in [6.07, 6.45) is 2.56. The number of aromatic nitrogens is 2. The molecule has 0 aliphatic carbocycles. The van der Waals surface area contributed by atoms with E-state index in [0.717, 1.165) is 38.2 Å². The van der Waals surface area contributed by atoms with E-state index in [-0.39, 0.29) is 0 Å². The first-order valence-corrected chi connectivity index (χ1v) is 6.33. The molecule has 1 saturated heterocycles. The van der Waals surface area contributed by atoms with Gasteiger partial charge in [0.25, 0.3) is 0 Å². The summed E-state index contributed by atoms with van der Waals surface area (Å²) in [5.74, 6) is 1.55. The van der Waals surface area contributed by atoms with Crippen molar-refractivity contribution >= 4 is 17.4 Å². The summed E-state index contributed by atoms with van der Waals surface area (Å²) >= 11 is 5.94. The molecule has 17 heavy (non-hydrogen) atoms. The van der Waals surface area contributed by atoms with E-state index in [2.05, 4.69) is 14.9 Å². The molecule has 0 spiro atoms. The molecule has 0 aromatic carbocycles. The van der Waals surface area contributed by atoms with Gasteiger partial charge in [0.2, 0.25) is 0 Å². The number of nitrogens with zero attached hydrogens (tertiary/aromatic N) is 3. The van der Waals surface area contributed by atoms with Crippen LogP contribution >= 0.6 is 11.6 Å². The highest BCUT2D eigenvalue weighted by Gasteiger charge is 2.25. The lowest BCUT2D eigenvalue weighted by atomic mass is 9.98. The normalized spacial score (nSPS) is 25.8. The SMILES string of the molecule is Cc1nc(Cl)cc(N2CCCC(C)(O)CC2)n1. The Balaban J connectivity index is 2.17. The van der Waals surface area contributed by atoms with Gasteiger partial charge in [-0.05, 0) is 33.1 Å². The van der Waals surface area contributed by atoms with Gasteiger partial charge >= 0.3 is 0 Å². The molecule has 0 bridgehead atoms. The molecule has 0 amide bonds. The van der Waals surface area contributed by atoms with Crippen LogP contribution in [0.2, 0.25) is 5.15 Å². The van der Waals surface area contributed by atoms with Crippen LogP contribution in [0.15, 0.2) is 6.07 Å². The monoisotopic (exact) mass is 255 g/mol. The van der Waals surface area contributed by atoms with E-state index in [9.17, 15) is 5.11 Å². The van der Waals surface area contributed by atoms with E-state index in [1.807, 2.05) is 13.8 Å². The van der Waals surface area contributed by atoms with Gasteiger partial charge in [-0.2, -0.15) is 0 Å². The third-order valence-electron chi connectivity index (χ3n) is 3.18. The first-order valence-electron chi connectivity index (χ1n) is 5.95. The third kappa shape index (κ3) is 3.30. The Morgan fingerprint density at radius 3 is 2.82 bits per heavy atom. The Bertz CT molecular complexity index is 388. The van der Waals surface area contributed by atoms with Gasteiger partial charge in [-0.1, -0.05) is 11.6 Å². The average Bonchev–Trinajstić information content (AvgIpc) is 2.38. The van der Waals surface area contributed by atoms with Gasteiger partial charge in [0.1, 0.15) is 16.8 Å². The van der Waals surface area contributed by atoms with Gasteiger partial charge in [-0.15, -0.1) is 0 Å². The molecule has 1 unspecified atom stereocenters. The molecule has 4 nitrogen and oxygen atoms in total. The van der Waals surface area contributed by atoms with Crippen LogP contribution in [0.4, 0.5) is 5.82 Å². The lowest BCUT2D eigenvalue weighted by molar-refractivity contribution is 0.0481. The Hall–Kier alpha value is -0.870. The summed E-state index contributed by atoms with van der Waals surface area (Å²) in [6.45, 7) is 5.45. The highest BCUT2D eigenvalue weighted by Crippen LogP contribution is 2.25. The van der Waals surface area contributed by atoms with Crippen molar-refractivity contribution in [3.05, 3.63) is 17.0 Å². The summed E-state index contributed by atoms with van der Waals surface area (Å²) in [7, 11) is 0. The molecule has 1 aromatic rings. The zero-order valence-corrected chi connectivity index (χ0v) is 11.0. The average molecular weight is 256 g/mol. The highest BCUT2D eigenvalue weighted by atomic mass is 35.5. The minimum absolute atomic E-state index is 0.475. The topological polar surface area (TPSA) is 49.2 Å². The van der Waals surface area contributed by atoms with Crippen LogP contribution in [0.5, 0.6) is 0 Å².